The molecule has 0 spiro atoms. The zero-order valence-electron chi connectivity index (χ0n) is 14.9. The van der Waals surface area contributed by atoms with Crippen LogP contribution in [0.3, 0.4) is 0 Å². The summed E-state index contributed by atoms with van der Waals surface area (Å²) in [7, 11) is 0. The highest BCUT2D eigenvalue weighted by atomic mass is 19.1. The molecule has 0 unspecified atom stereocenters. The maximum Gasteiger partial charge on any atom is 0.255 e. The van der Waals surface area contributed by atoms with Crippen molar-refractivity contribution < 1.29 is 9.18 Å². The molecule has 2 heterocycles. The second-order valence-electron chi connectivity index (χ2n) is 6.75. The van der Waals surface area contributed by atoms with Crippen molar-refractivity contribution in [2.75, 3.05) is 23.3 Å². The summed E-state index contributed by atoms with van der Waals surface area (Å²) in [6, 6.07) is 13.9. The van der Waals surface area contributed by atoms with Gasteiger partial charge in [-0.15, -0.1) is 0 Å². The van der Waals surface area contributed by atoms with E-state index in [-0.39, 0.29) is 11.7 Å². The highest BCUT2D eigenvalue weighted by Gasteiger charge is 2.15. The monoisotopic (exact) mass is 364 g/mol. The SMILES string of the molecule is O=C(Nc1cc(F)cc(N2CCCC2)c1)c1ccc(Cn2cccn2)cc1. The average Bonchev–Trinajstić information content (AvgIpc) is 3.36. The average molecular weight is 364 g/mol. The molecule has 1 N–H and O–H groups in total. The van der Waals surface area contributed by atoms with E-state index in [0.29, 0.717) is 17.8 Å². The Kier molecular flexibility index (Phi) is 4.87. The van der Waals surface area contributed by atoms with Crippen molar-refractivity contribution in [2.24, 2.45) is 0 Å². The van der Waals surface area contributed by atoms with Crippen LogP contribution in [0.5, 0.6) is 0 Å². The Morgan fingerprint density at radius 2 is 1.89 bits per heavy atom. The van der Waals surface area contributed by atoms with Crippen LogP contribution in [0.25, 0.3) is 0 Å². The highest BCUT2D eigenvalue weighted by Crippen LogP contribution is 2.25. The summed E-state index contributed by atoms with van der Waals surface area (Å²) in [5.74, 6) is -0.595. The van der Waals surface area contributed by atoms with E-state index >= 15 is 0 Å². The molecule has 5 nitrogen and oxygen atoms in total. The number of nitrogens with one attached hydrogen (secondary N) is 1. The van der Waals surface area contributed by atoms with Gasteiger partial charge in [-0.2, -0.15) is 5.10 Å². The third-order valence-corrected chi connectivity index (χ3v) is 4.73. The second kappa shape index (κ2) is 7.61. The van der Waals surface area contributed by atoms with Crippen molar-refractivity contribution in [3.05, 3.63) is 77.9 Å². The molecule has 1 aliphatic heterocycles. The zero-order valence-corrected chi connectivity index (χ0v) is 14.9. The molecule has 1 saturated heterocycles. The lowest BCUT2D eigenvalue weighted by Gasteiger charge is -2.19. The Morgan fingerprint density at radius 1 is 1.11 bits per heavy atom. The number of nitrogens with zero attached hydrogens (tertiary/aromatic N) is 3. The maximum absolute atomic E-state index is 14.0. The van der Waals surface area contributed by atoms with Crippen molar-refractivity contribution in [3.63, 3.8) is 0 Å². The highest BCUT2D eigenvalue weighted by molar-refractivity contribution is 6.04. The predicted octanol–water partition coefficient (Wildman–Crippen LogP) is 3.92. The molecule has 0 atom stereocenters. The van der Waals surface area contributed by atoms with Crippen LogP contribution < -0.4 is 10.2 Å². The van der Waals surface area contributed by atoms with Gasteiger partial charge in [0.15, 0.2) is 0 Å². The number of anilines is 2. The molecule has 2 aromatic carbocycles. The summed E-state index contributed by atoms with van der Waals surface area (Å²) in [4.78, 5) is 14.7. The van der Waals surface area contributed by atoms with Gasteiger partial charge < -0.3 is 10.2 Å². The fourth-order valence-corrected chi connectivity index (χ4v) is 3.35. The number of rotatable bonds is 5. The number of carbonyl (C=O) groups excluding carboxylic acids is 1. The number of hydrogen-bond donors (Lipinski definition) is 1. The standard InChI is InChI=1S/C21H21FN4O/c22-18-12-19(14-20(13-18)25-9-1-2-10-25)24-21(27)17-6-4-16(5-7-17)15-26-11-3-8-23-26/h3-8,11-14H,1-2,9-10,15H2,(H,24,27). The van der Waals surface area contributed by atoms with E-state index < -0.39 is 0 Å². The summed E-state index contributed by atoms with van der Waals surface area (Å²) in [5.41, 5.74) is 2.88. The molecule has 138 valence electrons. The quantitative estimate of drug-likeness (QED) is 0.746. The number of benzene rings is 2. The minimum atomic E-state index is -0.343. The van der Waals surface area contributed by atoms with Crippen LogP contribution in [0.15, 0.2) is 60.9 Å². The number of halogens is 1. The molecule has 6 heteroatoms. The number of amides is 1. The van der Waals surface area contributed by atoms with E-state index in [1.165, 1.54) is 12.1 Å². The molecule has 1 fully saturated rings. The van der Waals surface area contributed by atoms with Crippen LogP contribution in [0, 0.1) is 5.82 Å². The maximum atomic E-state index is 14.0. The van der Waals surface area contributed by atoms with Crippen LogP contribution >= 0.6 is 0 Å². The number of carbonyl (C=O) groups is 1. The molecule has 1 aromatic heterocycles. The first-order chi connectivity index (χ1) is 13.2. The van der Waals surface area contributed by atoms with Crippen LogP contribution in [0.1, 0.15) is 28.8 Å². The molecule has 4 rings (SSSR count). The van der Waals surface area contributed by atoms with Gasteiger partial charge in [0, 0.05) is 42.4 Å². The van der Waals surface area contributed by atoms with Crippen molar-refractivity contribution in [3.8, 4) is 0 Å². The fourth-order valence-electron chi connectivity index (χ4n) is 3.35. The Balaban J connectivity index is 1.45. The second-order valence-corrected chi connectivity index (χ2v) is 6.75. The third-order valence-electron chi connectivity index (χ3n) is 4.73. The first-order valence-corrected chi connectivity index (χ1v) is 9.11. The normalized spacial score (nSPS) is 13.7. The Labute approximate surface area is 157 Å². The topological polar surface area (TPSA) is 50.2 Å². The molecule has 0 saturated carbocycles. The largest absolute Gasteiger partial charge is 0.371 e. The van der Waals surface area contributed by atoms with E-state index in [1.807, 2.05) is 35.1 Å². The van der Waals surface area contributed by atoms with E-state index in [9.17, 15) is 9.18 Å². The van der Waals surface area contributed by atoms with Gasteiger partial charge in [-0.1, -0.05) is 12.1 Å². The molecule has 1 amide bonds. The van der Waals surface area contributed by atoms with Crippen molar-refractivity contribution in [1.82, 2.24) is 9.78 Å². The molecule has 0 bridgehead atoms. The number of hydrogen-bond acceptors (Lipinski definition) is 3. The van der Waals surface area contributed by atoms with Gasteiger partial charge >= 0.3 is 0 Å². The molecule has 0 aliphatic carbocycles. The first-order valence-electron chi connectivity index (χ1n) is 9.11. The lowest BCUT2D eigenvalue weighted by atomic mass is 10.1. The molecule has 3 aromatic rings. The summed E-state index contributed by atoms with van der Waals surface area (Å²) in [6.07, 6.45) is 5.85. The van der Waals surface area contributed by atoms with Crippen LogP contribution in [-0.4, -0.2) is 28.8 Å². The first kappa shape index (κ1) is 17.3. The summed E-state index contributed by atoms with van der Waals surface area (Å²) < 4.78 is 15.8. The van der Waals surface area contributed by atoms with Gasteiger partial charge in [0.1, 0.15) is 5.82 Å². The third kappa shape index (κ3) is 4.16. The van der Waals surface area contributed by atoms with Gasteiger partial charge in [0.05, 0.1) is 6.54 Å². The number of aromatic nitrogens is 2. The Hall–Kier alpha value is -3.15. The van der Waals surface area contributed by atoms with Gasteiger partial charge in [-0.3, -0.25) is 9.48 Å². The molecule has 1 aliphatic rings. The molecular weight excluding hydrogens is 343 g/mol. The van der Waals surface area contributed by atoms with Crippen molar-refractivity contribution in [2.45, 2.75) is 19.4 Å². The van der Waals surface area contributed by atoms with E-state index in [2.05, 4.69) is 15.3 Å². The molecular formula is C21H21FN4O. The van der Waals surface area contributed by atoms with Crippen LogP contribution in [0.2, 0.25) is 0 Å². The van der Waals surface area contributed by atoms with Crippen LogP contribution in [0.4, 0.5) is 15.8 Å². The lowest BCUT2D eigenvalue weighted by Crippen LogP contribution is -2.18. The summed E-state index contributed by atoms with van der Waals surface area (Å²) in [5, 5.41) is 6.98. The minimum absolute atomic E-state index is 0.251. The Bertz CT molecular complexity index is 916. The predicted molar refractivity (Wildman–Crippen MR) is 104 cm³/mol. The van der Waals surface area contributed by atoms with Gasteiger partial charge in [-0.25, -0.2) is 4.39 Å². The smallest absolute Gasteiger partial charge is 0.255 e. The van der Waals surface area contributed by atoms with Gasteiger partial charge in [0.25, 0.3) is 5.91 Å². The van der Waals surface area contributed by atoms with Crippen molar-refractivity contribution in [1.29, 1.82) is 0 Å². The molecule has 0 radical (unpaired) electrons. The fraction of sp³-hybridized carbons (Fsp3) is 0.238. The molecule has 27 heavy (non-hydrogen) atoms. The Morgan fingerprint density at radius 3 is 2.59 bits per heavy atom. The van der Waals surface area contributed by atoms with E-state index in [1.54, 1.807) is 18.3 Å². The van der Waals surface area contributed by atoms with Gasteiger partial charge in [0.2, 0.25) is 0 Å². The van der Waals surface area contributed by atoms with Crippen LogP contribution in [-0.2, 0) is 6.54 Å². The van der Waals surface area contributed by atoms with Crippen molar-refractivity contribution >= 4 is 17.3 Å². The summed E-state index contributed by atoms with van der Waals surface area (Å²) in [6.45, 7) is 2.50. The summed E-state index contributed by atoms with van der Waals surface area (Å²) >= 11 is 0. The minimum Gasteiger partial charge on any atom is -0.371 e. The van der Waals surface area contributed by atoms with E-state index in [4.69, 9.17) is 0 Å². The lowest BCUT2D eigenvalue weighted by molar-refractivity contribution is 0.102. The van der Waals surface area contributed by atoms with Gasteiger partial charge in [-0.05, 0) is 54.8 Å². The van der Waals surface area contributed by atoms with E-state index in [0.717, 1.165) is 37.2 Å². The zero-order chi connectivity index (χ0) is 18.6.